The summed E-state index contributed by atoms with van der Waals surface area (Å²) in [6.07, 6.45) is -1.11. The first-order valence-corrected chi connectivity index (χ1v) is 17.2. The minimum absolute atomic E-state index is 0.0437. The fourth-order valence-corrected chi connectivity index (χ4v) is 6.09. The number of likely N-dealkylation sites (N-methyl/N-ethyl adjacent to an activating group) is 1. The molecule has 0 N–H and O–H groups in total. The van der Waals surface area contributed by atoms with E-state index in [-0.39, 0.29) is 30.4 Å². The first-order valence-electron chi connectivity index (χ1n) is 14.7. The Labute approximate surface area is 283 Å². The van der Waals surface area contributed by atoms with Gasteiger partial charge in [-0.15, -0.1) is 0 Å². The van der Waals surface area contributed by atoms with Gasteiger partial charge in [-0.2, -0.15) is 18.2 Å². The number of carbonyl (C=O) groups is 1. The number of alkyl halides is 4. The number of carbonyl (C=O) groups excluding carboxylic acids is 1. The Morgan fingerprint density at radius 3 is 2.22 bits per heavy atom. The molecule has 0 aliphatic rings. The first kappa shape index (κ1) is 35.6. The van der Waals surface area contributed by atoms with Gasteiger partial charge in [0, 0.05) is 53.3 Å². The fourth-order valence-electron chi connectivity index (χ4n) is 4.65. The maximum absolute atomic E-state index is 13.9. The molecule has 7 nitrogen and oxygen atoms in total. The predicted octanol–water partition coefficient (Wildman–Crippen LogP) is 7.06. The summed E-state index contributed by atoms with van der Waals surface area (Å²) < 4.78 is 54.4. The van der Waals surface area contributed by atoms with E-state index in [9.17, 15) is 27.2 Å². The van der Waals surface area contributed by atoms with Crippen LogP contribution in [0.15, 0.2) is 83.0 Å². The van der Waals surface area contributed by atoms with E-state index in [2.05, 4.69) is 51.3 Å². The molecule has 2 aromatic carbocycles. The van der Waals surface area contributed by atoms with Crippen molar-refractivity contribution >= 4 is 40.3 Å². The van der Waals surface area contributed by atoms with Gasteiger partial charge in [-0.1, -0.05) is 78.5 Å². The zero-order chi connectivity index (χ0) is 33.3. The average Bonchev–Trinajstić information content (AvgIpc) is 3.05. The summed E-state index contributed by atoms with van der Waals surface area (Å²) in [5.41, 5.74) is 2.10. The largest absolute Gasteiger partial charge is 0.416 e. The molecule has 0 unspecified atom stereocenters. The second kappa shape index (κ2) is 16.5. The number of amides is 1. The molecule has 0 bridgehead atoms. The molecule has 4 rings (SSSR count). The van der Waals surface area contributed by atoms with Gasteiger partial charge < -0.3 is 14.4 Å². The monoisotopic (exact) mass is 767 g/mol. The van der Waals surface area contributed by atoms with Gasteiger partial charge in [0.15, 0.2) is 5.16 Å². The third kappa shape index (κ3) is 9.85. The summed E-state index contributed by atoms with van der Waals surface area (Å²) >= 11 is 3.39. The Morgan fingerprint density at radius 2 is 1.63 bits per heavy atom. The third-order valence-corrected chi connectivity index (χ3v) is 9.28. The van der Waals surface area contributed by atoms with Crippen LogP contribution in [0.4, 0.5) is 17.6 Å². The predicted molar refractivity (Wildman–Crippen MR) is 180 cm³/mol. The van der Waals surface area contributed by atoms with Crippen LogP contribution in [0, 0.1) is 5.82 Å². The molecular formula is C33H34F4IN5O2S. The van der Waals surface area contributed by atoms with E-state index < -0.39 is 11.7 Å². The van der Waals surface area contributed by atoms with Crippen LogP contribution >= 0.6 is 34.4 Å². The van der Waals surface area contributed by atoms with Crippen molar-refractivity contribution in [3.05, 3.63) is 111 Å². The zero-order valence-corrected chi connectivity index (χ0v) is 28.4. The molecule has 244 valence electrons. The SMILES string of the molecule is CCN(CC)CCN(Cc1ccc(-c2ccc(C(F)(F)F)cc2)nc1)C(=O)Cn1cc(CI)c(=O)nc1SCc1ccc(F)cc1. The zero-order valence-electron chi connectivity index (χ0n) is 25.4. The number of aromatic nitrogens is 3. The molecule has 1 amide bonds. The van der Waals surface area contributed by atoms with Crippen LogP contribution in [0.5, 0.6) is 0 Å². The molecule has 4 aromatic rings. The van der Waals surface area contributed by atoms with Crippen LogP contribution in [0.2, 0.25) is 0 Å². The minimum Gasteiger partial charge on any atom is -0.335 e. The van der Waals surface area contributed by atoms with Crippen LogP contribution in [0.25, 0.3) is 11.3 Å². The van der Waals surface area contributed by atoms with Crippen molar-refractivity contribution in [3.63, 3.8) is 0 Å². The van der Waals surface area contributed by atoms with Crippen LogP contribution < -0.4 is 5.56 Å². The summed E-state index contributed by atoms with van der Waals surface area (Å²) in [5.74, 6) is -0.0740. The number of rotatable bonds is 14. The molecule has 2 heterocycles. The van der Waals surface area contributed by atoms with Gasteiger partial charge in [0.1, 0.15) is 12.4 Å². The maximum atomic E-state index is 13.9. The summed E-state index contributed by atoms with van der Waals surface area (Å²) in [7, 11) is 0. The van der Waals surface area contributed by atoms with Gasteiger partial charge in [0.25, 0.3) is 5.56 Å². The van der Waals surface area contributed by atoms with Gasteiger partial charge in [-0.05, 0) is 54.5 Å². The maximum Gasteiger partial charge on any atom is 0.416 e. The van der Waals surface area contributed by atoms with Gasteiger partial charge >= 0.3 is 6.18 Å². The summed E-state index contributed by atoms with van der Waals surface area (Å²) in [5, 5.41) is 0.391. The molecule has 0 aliphatic heterocycles. The van der Waals surface area contributed by atoms with E-state index in [1.54, 1.807) is 40.1 Å². The number of thioether (sulfide) groups is 1. The van der Waals surface area contributed by atoms with E-state index >= 15 is 0 Å². The first-order chi connectivity index (χ1) is 22.0. The molecule has 46 heavy (non-hydrogen) atoms. The van der Waals surface area contributed by atoms with Crippen molar-refractivity contribution in [2.45, 2.75) is 48.5 Å². The molecule has 0 saturated heterocycles. The highest BCUT2D eigenvalue weighted by Gasteiger charge is 2.30. The minimum atomic E-state index is -4.41. The molecule has 0 saturated carbocycles. The lowest BCUT2D eigenvalue weighted by Crippen LogP contribution is -2.40. The quantitative estimate of drug-likeness (QED) is 0.0450. The van der Waals surface area contributed by atoms with E-state index in [1.165, 1.54) is 36.0 Å². The van der Waals surface area contributed by atoms with Gasteiger partial charge in [0.05, 0.1) is 11.3 Å². The third-order valence-electron chi connectivity index (χ3n) is 7.40. The lowest BCUT2D eigenvalue weighted by atomic mass is 10.1. The number of hydrogen-bond donors (Lipinski definition) is 0. The Bertz CT molecular complexity index is 1650. The Kier molecular flexibility index (Phi) is 12.8. The smallest absolute Gasteiger partial charge is 0.335 e. The van der Waals surface area contributed by atoms with E-state index in [1.807, 2.05) is 6.07 Å². The molecular weight excluding hydrogens is 733 g/mol. The number of benzene rings is 2. The summed E-state index contributed by atoms with van der Waals surface area (Å²) in [4.78, 5) is 39.2. The lowest BCUT2D eigenvalue weighted by Gasteiger charge is -2.27. The van der Waals surface area contributed by atoms with E-state index in [0.717, 1.165) is 36.3 Å². The normalized spacial score (nSPS) is 11.7. The van der Waals surface area contributed by atoms with Gasteiger partial charge in [0.2, 0.25) is 5.91 Å². The second-order valence-electron chi connectivity index (χ2n) is 10.5. The van der Waals surface area contributed by atoms with Crippen LogP contribution in [-0.4, -0.2) is 56.4 Å². The van der Waals surface area contributed by atoms with Crippen molar-refractivity contribution in [2.75, 3.05) is 26.2 Å². The van der Waals surface area contributed by atoms with Crippen molar-refractivity contribution in [1.82, 2.24) is 24.3 Å². The molecule has 0 aliphatic carbocycles. The van der Waals surface area contributed by atoms with E-state index in [0.29, 0.717) is 45.2 Å². The Morgan fingerprint density at radius 1 is 0.957 bits per heavy atom. The lowest BCUT2D eigenvalue weighted by molar-refractivity contribution is -0.137. The number of hydrogen-bond acceptors (Lipinski definition) is 6. The van der Waals surface area contributed by atoms with Crippen molar-refractivity contribution in [2.24, 2.45) is 0 Å². The van der Waals surface area contributed by atoms with Crippen LogP contribution in [0.3, 0.4) is 0 Å². The highest BCUT2D eigenvalue weighted by molar-refractivity contribution is 14.1. The van der Waals surface area contributed by atoms with Crippen LogP contribution in [-0.2, 0) is 34.2 Å². The second-order valence-corrected chi connectivity index (χ2v) is 12.2. The molecule has 13 heteroatoms. The average molecular weight is 768 g/mol. The highest BCUT2D eigenvalue weighted by atomic mass is 127. The summed E-state index contributed by atoms with van der Waals surface area (Å²) in [6.45, 7) is 7.10. The van der Waals surface area contributed by atoms with Crippen molar-refractivity contribution < 1.29 is 22.4 Å². The van der Waals surface area contributed by atoms with E-state index in [4.69, 9.17) is 0 Å². The summed E-state index contributed by atoms with van der Waals surface area (Å²) in [6, 6.07) is 14.5. The standard InChI is InChI=1S/C33H34F4IN5O2S/c1-3-41(4-2)15-16-42(19-24-7-14-29(39-18-24)25-8-10-27(11-9-25)33(35,36)37)30(44)21-43-20-26(17-38)31(45)40-32(43)46-22-23-5-12-28(34)13-6-23/h5-14,18,20H,3-4,15-17,19,21-22H2,1-2H3. The number of halogens is 5. The van der Waals surface area contributed by atoms with Gasteiger partial charge in [-0.3, -0.25) is 14.6 Å². The van der Waals surface area contributed by atoms with Gasteiger partial charge in [-0.25, -0.2) is 4.39 Å². The molecule has 2 aromatic heterocycles. The highest BCUT2D eigenvalue weighted by Crippen LogP contribution is 2.30. The topological polar surface area (TPSA) is 71.3 Å². The molecule has 0 spiro atoms. The molecule has 0 fully saturated rings. The van der Waals surface area contributed by atoms with Crippen molar-refractivity contribution in [1.29, 1.82) is 0 Å². The Hall–Kier alpha value is -3.30. The molecule has 0 radical (unpaired) electrons. The fraction of sp³-hybridized carbons (Fsp3) is 0.333. The van der Waals surface area contributed by atoms with Crippen molar-refractivity contribution in [3.8, 4) is 11.3 Å². The number of nitrogens with zero attached hydrogens (tertiary/aromatic N) is 5. The van der Waals surface area contributed by atoms with Crippen LogP contribution in [0.1, 0.15) is 36.1 Å². The number of pyridine rings is 1. The molecule has 0 atom stereocenters. The Balaban J connectivity index is 1.55.